The number of phenolic OH excluding ortho intramolecular Hbond substituents is 1. The van der Waals surface area contributed by atoms with Crippen molar-refractivity contribution in [2.45, 2.75) is 45.7 Å². The van der Waals surface area contributed by atoms with E-state index in [2.05, 4.69) is 19.2 Å². The molecule has 0 aromatic heterocycles. The molecule has 2 N–H and O–H groups in total. The summed E-state index contributed by atoms with van der Waals surface area (Å²) in [7, 11) is 0. The molecule has 0 saturated heterocycles. The maximum absolute atomic E-state index is 9.70. The minimum Gasteiger partial charge on any atom is -0.508 e. The minimum atomic E-state index is 0.400. The standard InChI is InChI=1S/C14H21NO/c1-10-3-6-14(16)13(7-10)9-15-11(2)8-12-4-5-12/h3,6-7,11-12,15-16H,4-5,8-9H2,1-2H3. The lowest BCUT2D eigenvalue weighted by molar-refractivity contribution is 0.449. The van der Waals surface area contributed by atoms with Crippen LogP contribution in [0.3, 0.4) is 0 Å². The van der Waals surface area contributed by atoms with Crippen LogP contribution in [0.4, 0.5) is 0 Å². The van der Waals surface area contributed by atoms with Crippen molar-refractivity contribution in [3.8, 4) is 5.75 Å². The van der Waals surface area contributed by atoms with Crippen LogP contribution in [0.1, 0.15) is 37.3 Å². The molecule has 1 aromatic rings. The second kappa shape index (κ2) is 4.88. The van der Waals surface area contributed by atoms with Crippen LogP contribution in [0.25, 0.3) is 0 Å². The molecule has 1 aromatic carbocycles. The van der Waals surface area contributed by atoms with E-state index in [-0.39, 0.29) is 0 Å². The van der Waals surface area contributed by atoms with Gasteiger partial charge in [-0.2, -0.15) is 0 Å². The van der Waals surface area contributed by atoms with Crippen LogP contribution in [0.5, 0.6) is 5.75 Å². The molecule has 2 heteroatoms. The van der Waals surface area contributed by atoms with Crippen molar-refractivity contribution >= 4 is 0 Å². The van der Waals surface area contributed by atoms with Crippen LogP contribution in [0.2, 0.25) is 0 Å². The van der Waals surface area contributed by atoms with Gasteiger partial charge < -0.3 is 10.4 Å². The monoisotopic (exact) mass is 219 g/mol. The Labute approximate surface area is 97.7 Å². The average Bonchev–Trinajstić information content (AvgIpc) is 3.03. The summed E-state index contributed by atoms with van der Waals surface area (Å²) in [6.07, 6.45) is 4.08. The maximum atomic E-state index is 9.70. The predicted molar refractivity (Wildman–Crippen MR) is 66.5 cm³/mol. The highest BCUT2D eigenvalue weighted by molar-refractivity contribution is 5.35. The molecule has 0 heterocycles. The van der Waals surface area contributed by atoms with Crippen molar-refractivity contribution in [3.63, 3.8) is 0 Å². The first-order chi connectivity index (χ1) is 7.65. The smallest absolute Gasteiger partial charge is 0.120 e. The van der Waals surface area contributed by atoms with Crippen molar-refractivity contribution in [1.82, 2.24) is 5.32 Å². The Morgan fingerprint density at radius 3 is 2.88 bits per heavy atom. The number of aryl methyl sites for hydroxylation is 1. The number of aromatic hydroxyl groups is 1. The third-order valence-electron chi connectivity index (χ3n) is 3.26. The lowest BCUT2D eigenvalue weighted by Gasteiger charge is -2.14. The zero-order valence-corrected chi connectivity index (χ0v) is 10.2. The normalized spacial score (nSPS) is 17.4. The Balaban J connectivity index is 1.85. The summed E-state index contributed by atoms with van der Waals surface area (Å²) >= 11 is 0. The number of rotatable bonds is 5. The van der Waals surface area contributed by atoms with E-state index in [0.717, 1.165) is 18.0 Å². The first-order valence-electron chi connectivity index (χ1n) is 6.17. The van der Waals surface area contributed by atoms with Gasteiger partial charge in [-0.1, -0.05) is 30.5 Å². The minimum absolute atomic E-state index is 0.400. The molecule has 16 heavy (non-hydrogen) atoms. The van der Waals surface area contributed by atoms with E-state index in [0.29, 0.717) is 11.8 Å². The molecular weight excluding hydrogens is 198 g/mol. The Morgan fingerprint density at radius 1 is 1.44 bits per heavy atom. The van der Waals surface area contributed by atoms with Crippen LogP contribution in [-0.2, 0) is 6.54 Å². The molecule has 0 aliphatic heterocycles. The molecule has 0 bridgehead atoms. The summed E-state index contributed by atoms with van der Waals surface area (Å²) in [4.78, 5) is 0. The van der Waals surface area contributed by atoms with Crippen LogP contribution in [-0.4, -0.2) is 11.1 Å². The lowest BCUT2D eigenvalue weighted by atomic mass is 10.1. The Morgan fingerprint density at radius 2 is 2.19 bits per heavy atom. The molecule has 0 amide bonds. The summed E-state index contributed by atoms with van der Waals surface area (Å²) in [5.41, 5.74) is 2.20. The Hall–Kier alpha value is -1.02. The number of hydrogen-bond donors (Lipinski definition) is 2. The maximum Gasteiger partial charge on any atom is 0.120 e. The highest BCUT2D eigenvalue weighted by Crippen LogP contribution is 2.33. The molecule has 88 valence electrons. The summed E-state index contributed by atoms with van der Waals surface area (Å²) in [6.45, 7) is 5.04. The van der Waals surface area contributed by atoms with E-state index >= 15 is 0 Å². The van der Waals surface area contributed by atoms with Crippen LogP contribution in [0.15, 0.2) is 18.2 Å². The van der Waals surface area contributed by atoms with E-state index in [4.69, 9.17) is 0 Å². The molecular formula is C14H21NO. The van der Waals surface area contributed by atoms with Gasteiger partial charge in [-0.25, -0.2) is 0 Å². The zero-order chi connectivity index (χ0) is 11.5. The molecule has 1 aliphatic carbocycles. The van der Waals surface area contributed by atoms with E-state index < -0.39 is 0 Å². The van der Waals surface area contributed by atoms with Gasteiger partial charge in [0.2, 0.25) is 0 Å². The molecule has 0 radical (unpaired) electrons. The number of benzene rings is 1. The first-order valence-corrected chi connectivity index (χ1v) is 6.17. The van der Waals surface area contributed by atoms with Gasteiger partial charge in [0.25, 0.3) is 0 Å². The van der Waals surface area contributed by atoms with Crippen LogP contribution >= 0.6 is 0 Å². The SMILES string of the molecule is Cc1ccc(O)c(CNC(C)CC2CC2)c1. The lowest BCUT2D eigenvalue weighted by Crippen LogP contribution is -2.25. The van der Waals surface area contributed by atoms with Crippen molar-refractivity contribution in [2.24, 2.45) is 5.92 Å². The van der Waals surface area contributed by atoms with Gasteiger partial charge in [-0.15, -0.1) is 0 Å². The van der Waals surface area contributed by atoms with Gasteiger partial charge in [-0.3, -0.25) is 0 Å². The summed E-state index contributed by atoms with van der Waals surface area (Å²) < 4.78 is 0. The van der Waals surface area contributed by atoms with E-state index in [1.54, 1.807) is 6.07 Å². The van der Waals surface area contributed by atoms with Gasteiger partial charge >= 0.3 is 0 Å². The van der Waals surface area contributed by atoms with Crippen LogP contribution in [0, 0.1) is 12.8 Å². The second-order valence-corrected chi connectivity index (χ2v) is 5.09. The average molecular weight is 219 g/mol. The van der Waals surface area contributed by atoms with Gasteiger partial charge in [0.1, 0.15) is 5.75 Å². The third-order valence-corrected chi connectivity index (χ3v) is 3.26. The van der Waals surface area contributed by atoms with Gasteiger partial charge in [0.15, 0.2) is 0 Å². The van der Waals surface area contributed by atoms with Crippen molar-refractivity contribution in [1.29, 1.82) is 0 Å². The van der Waals surface area contributed by atoms with Crippen LogP contribution < -0.4 is 5.32 Å². The zero-order valence-electron chi connectivity index (χ0n) is 10.2. The molecule has 1 fully saturated rings. The summed E-state index contributed by atoms with van der Waals surface area (Å²) in [5, 5.41) is 13.2. The Kier molecular flexibility index (Phi) is 3.49. The topological polar surface area (TPSA) is 32.3 Å². The van der Waals surface area contributed by atoms with E-state index in [1.165, 1.54) is 24.8 Å². The van der Waals surface area contributed by atoms with Gasteiger partial charge in [-0.05, 0) is 32.3 Å². The number of nitrogens with one attached hydrogen (secondary N) is 1. The molecule has 1 atom stereocenters. The first kappa shape index (κ1) is 11.5. The molecule has 0 spiro atoms. The summed E-state index contributed by atoms with van der Waals surface area (Å²) in [5.74, 6) is 1.35. The van der Waals surface area contributed by atoms with Crippen molar-refractivity contribution in [2.75, 3.05) is 0 Å². The van der Waals surface area contributed by atoms with Gasteiger partial charge in [0.05, 0.1) is 0 Å². The van der Waals surface area contributed by atoms with Gasteiger partial charge in [0, 0.05) is 18.2 Å². The third kappa shape index (κ3) is 3.24. The number of phenols is 1. The fourth-order valence-electron chi connectivity index (χ4n) is 2.08. The molecule has 1 unspecified atom stereocenters. The van der Waals surface area contributed by atoms with E-state index in [1.807, 2.05) is 12.1 Å². The molecule has 2 rings (SSSR count). The fourth-order valence-corrected chi connectivity index (χ4v) is 2.08. The predicted octanol–water partition coefficient (Wildman–Crippen LogP) is 2.98. The summed E-state index contributed by atoms with van der Waals surface area (Å²) in [6, 6.07) is 6.31. The molecule has 1 aliphatic rings. The largest absolute Gasteiger partial charge is 0.508 e. The van der Waals surface area contributed by atoms with Crippen molar-refractivity contribution < 1.29 is 5.11 Å². The van der Waals surface area contributed by atoms with Crippen molar-refractivity contribution in [3.05, 3.63) is 29.3 Å². The molecule has 1 saturated carbocycles. The molecule has 2 nitrogen and oxygen atoms in total. The highest BCUT2D eigenvalue weighted by Gasteiger charge is 2.23. The van der Waals surface area contributed by atoms with E-state index in [9.17, 15) is 5.11 Å². The second-order valence-electron chi connectivity index (χ2n) is 5.09. The highest BCUT2D eigenvalue weighted by atomic mass is 16.3. The number of hydrogen-bond acceptors (Lipinski definition) is 2. The quantitative estimate of drug-likeness (QED) is 0.798. The fraction of sp³-hybridized carbons (Fsp3) is 0.571. The Bertz CT molecular complexity index is 358.